The number of aromatic hydroxyl groups is 1. The van der Waals surface area contributed by atoms with Crippen LogP contribution in [-0.4, -0.2) is 32.0 Å². The Morgan fingerprint density at radius 3 is 2.95 bits per heavy atom. The van der Waals surface area contributed by atoms with Crippen molar-refractivity contribution in [2.75, 3.05) is 11.5 Å². The van der Waals surface area contributed by atoms with E-state index in [1.54, 1.807) is 0 Å². The van der Waals surface area contributed by atoms with E-state index in [0.717, 1.165) is 24.0 Å². The lowest BCUT2D eigenvalue weighted by Gasteiger charge is -2.27. The van der Waals surface area contributed by atoms with Crippen molar-refractivity contribution in [3.8, 4) is 17.2 Å². The van der Waals surface area contributed by atoms with Gasteiger partial charge < -0.3 is 9.63 Å². The maximum Gasteiger partial charge on any atom is 0.261 e. The van der Waals surface area contributed by atoms with Crippen molar-refractivity contribution in [3.63, 3.8) is 0 Å². The highest BCUT2D eigenvalue weighted by molar-refractivity contribution is 8.06. The lowest BCUT2D eigenvalue weighted by atomic mass is 10.2. The first-order chi connectivity index (χ1) is 10.2. The van der Waals surface area contributed by atoms with E-state index in [9.17, 15) is 9.50 Å². The van der Waals surface area contributed by atoms with E-state index in [0.29, 0.717) is 16.6 Å². The minimum absolute atomic E-state index is 0.192. The summed E-state index contributed by atoms with van der Waals surface area (Å²) in [5.41, 5.74) is 0.358. The highest BCUT2D eigenvalue weighted by atomic mass is 32.2. The zero-order valence-corrected chi connectivity index (χ0v) is 13.1. The van der Waals surface area contributed by atoms with Crippen molar-refractivity contribution < 1.29 is 14.0 Å². The lowest BCUT2D eigenvalue weighted by molar-refractivity contribution is 0.415. The first-order valence-electron chi connectivity index (χ1n) is 6.74. The second kappa shape index (κ2) is 6.27. The fourth-order valence-corrected chi connectivity index (χ4v) is 5.27. The molecule has 2 aromatic rings. The van der Waals surface area contributed by atoms with Gasteiger partial charge in [-0.1, -0.05) is 12.1 Å². The van der Waals surface area contributed by atoms with E-state index in [4.69, 9.17) is 4.52 Å². The summed E-state index contributed by atoms with van der Waals surface area (Å²) in [5, 5.41) is 14.5. The fourth-order valence-electron chi connectivity index (χ4n) is 2.29. The van der Waals surface area contributed by atoms with E-state index >= 15 is 0 Å². The molecule has 3 rings (SSSR count). The molecule has 1 saturated heterocycles. The van der Waals surface area contributed by atoms with Crippen LogP contribution in [0.5, 0.6) is 5.75 Å². The second-order valence-corrected chi connectivity index (χ2v) is 7.32. The summed E-state index contributed by atoms with van der Waals surface area (Å²) in [7, 11) is 0. The quantitative estimate of drug-likeness (QED) is 0.923. The van der Waals surface area contributed by atoms with Crippen molar-refractivity contribution in [3.05, 3.63) is 29.8 Å². The van der Waals surface area contributed by atoms with Crippen LogP contribution in [0.1, 0.15) is 24.4 Å². The predicted molar refractivity (Wildman–Crippen MR) is 83.1 cm³/mol. The van der Waals surface area contributed by atoms with Gasteiger partial charge in [0.2, 0.25) is 0 Å². The van der Waals surface area contributed by atoms with Gasteiger partial charge >= 0.3 is 0 Å². The number of benzene rings is 1. The number of nitrogens with zero attached hydrogens (tertiary/aromatic N) is 2. The van der Waals surface area contributed by atoms with Gasteiger partial charge in [0, 0.05) is 22.8 Å². The number of phenols is 1. The van der Waals surface area contributed by atoms with Crippen molar-refractivity contribution in [1.29, 1.82) is 0 Å². The molecule has 21 heavy (non-hydrogen) atoms. The molecule has 7 heteroatoms. The number of aromatic nitrogens is 2. The molecule has 2 unspecified atom stereocenters. The molecule has 1 N–H and O–H groups in total. The number of hydrogen-bond acceptors (Lipinski definition) is 6. The summed E-state index contributed by atoms with van der Waals surface area (Å²) in [5.74, 6) is 2.40. The molecule has 0 spiro atoms. The molecule has 0 amide bonds. The molecule has 0 aliphatic carbocycles. The topological polar surface area (TPSA) is 59.2 Å². The van der Waals surface area contributed by atoms with Gasteiger partial charge in [-0.3, -0.25) is 0 Å². The first-order valence-corrected chi connectivity index (χ1v) is 8.84. The van der Waals surface area contributed by atoms with Gasteiger partial charge in [0.05, 0.1) is 10.8 Å². The second-order valence-electron chi connectivity index (χ2n) is 4.73. The molecular formula is C14H15FN2O2S2. The van der Waals surface area contributed by atoms with Crippen LogP contribution in [0.15, 0.2) is 22.7 Å². The average molecular weight is 326 g/mol. The van der Waals surface area contributed by atoms with Crippen LogP contribution in [0.2, 0.25) is 0 Å². The van der Waals surface area contributed by atoms with Crippen LogP contribution >= 0.6 is 23.5 Å². The Balaban J connectivity index is 1.89. The minimum atomic E-state index is -0.499. The number of hydrogen-bond donors (Lipinski definition) is 1. The largest absolute Gasteiger partial charge is 0.507 e. The lowest BCUT2D eigenvalue weighted by Crippen LogP contribution is -2.19. The molecule has 4 nitrogen and oxygen atoms in total. The molecule has 1 aromatic carbocycles. The van der Waals surface area contributed by atoms with Gasteiger partial charge in [0.1, 0.15) is 11.6 Å². The molecule has 0 radical (unpaired) electrons. The first kappa shape index (κ1) is 14.7. The van der Waals surface area contributed by atoms with Crippen LogP contribution in [-0.2, 0) is 0 Å². The molecule has 1 fully saturated rings. The highest BCUT2D eigenvalue weighted by Crippen LogP contribution is 2.43. The Morgan fingerprint density at radius 1 is 1.38 bits per heavy atom. The molecule has 0 bridgehead atoms. The molecule has 112 valence electrons. The fraction of sp³-hybridized carbons (Fsp3) is 0.429. The van der Waals surface area contributed by atoms with Crippen molar-refractivity contribution in [2.24, 2.45) is 0 Å². The van der Waals surface area contributed by atoms with E-state index in [1.807, 2.05) is 23.5 Å². The Morgan fingerprint density at radius 2 is 2.19 bits per heavy atom. The Kier molecular flexibility index (Phi) is 4.40. The third-order valence-electron chi connectivity index (χ3n) is 3.34. The predicted octanol–water partition coefficient (Wildman–Crippen LogP) is 3.88. The number of rotatable bonds is 3. The summed E-state index contributed by atoms with van der Waals surface area (Å²) in [6.45, 7) is 2.16. The molecule has 1 aliphatic heterocycles. The van der Waals surface area contributed by atoms with Gasteiger partial charge in [0.15, 0.2) is 5.82 Å². The average Bonchev–Trinajstić information content (AvgIpc) is 2.96. The molecule has 1 aromatic heterocycles. The maximum atomic E-state index is 13.0. The summed E-state index contributed by atoms with van der Waals surface area (Å²) < 4.78 is 18.3. The smallest absolute Gasteiger partial charge is 0.261 e. The van der Waals surface area contributed by atoms with Crippen LogP contribution in [0.4, 0.5) is 4.39 Å². The number of halogens is 1. The summed E-state index contributed by atoms with van der Waals surface area (Å²) >= 11 is 3.77. The van der Waals surface area contributed by atoms with Gasteiger partial charge in [0.25, 0.3) is 5.89 Å². The monoisotopic (exact) mass is 326 g/mol. The Labute approximate surface area is 130 Å². The standard InChI is InChI=1S/C14H15FN2O2S2/c1-2-11-12(21-6-5-20-11)13-16-14(19-17-13)9-4-3-8(15)7-10(9)18/h3-4,7,11-12,18H,2,5-6H2,1H3. The molecule has 2 atom stereocenters. The third kappa shape index (κ3) is 3.03. The highest BCUT2D eigenvalue weighted by Gasteiger charge is 2.30. The van der Waals surface area contributed by atoms with E-state index in [1.165, 1.54) is 12.1 Å². The van der Waals surface area contributed by atoms with E-state index in [2.05, 4.69) is 17.1 Å². The zero-order chi connectivity index (χ0) is 14.8. The zero-order valence-electron chi connectivity index (χ0n) is 11.5. The van der Waals surface area contributed by atoms with Crippen LogP contribution in [0, 0.1) is 5.82 Å². The summed E-state index contributed by atoms with van der Waals surface area (Å²) in [6, 6.07) is 3.75. The normalized spacial score (nSPS) is 22.4. The Bertz CT molecular complexity index is 635. The minimum Gasteiger partial charge on any atom is -0.507 e. The van der Waals surface area contributed by atoms with Crippen LogP contribution in [0.25, 0.3) is 11.5 Å². The SMILES string of the molecule is CCC1SCCSC1c1noc(-c2ccc(F)cc2O)n1. The maximum absolute atomic E-state index is 13.0. The molecule has 1 aliphatic rings. The molecule has 2 heterocycles. The van der Waals surface area contributed by atoms with Gasteiger partial charge in [-0.15, -0.1) is 11.8 Å². The van der Waals surface area contributed by atoms with E-state index in [-0.39, 0.29) is 16.9 Å². The van der Waals surface area contributed by atoms with Gasteiger partial charge in [-0.2, -0.15) is 16.7 Å². The van der Waals surface area contributed by atoms with Crippen LogP contribution in [0.3, 0.4) is 0 Å². The van der Waals surface area contributed by atoms with Crippen molar-refractivity contribution >= 4 is 23.5 Å². The van der Waals surface area contributed by atoms with Gasteiger partial charge in [-0.05, 0) is 18.6 Å². The summed E-state index contributed by atoms with van der Waals surface area (Å²) in [6.07, 6.45) is 1.05. The third-order valence-corrected chi connectivity index (χ3v) is 6.58. The van der Waals surface area contributed by atoms with Crippen molar-refractivity contribution in [1.82, 2.24) is 10.1 Å². The summed E-state index contributed by atoms with van der Waals surface area (Å²) in [4.78, 5) is 4.40. The molecule has 0 saturated carbocycles. The molecular weight excluding hydrogens is 311 g/mol. The Hall–Kier alpha value is -1.21. The van der Waals surface area contributed by atoms with Crippen LogP contribution < -0.4 is 0 Å². The number of thioether (sulfide) groups is 2. The van der Waals surface area contributed by atoms with Gasteiger partial charge in [-0.25, -0.2) is 4.39 Å². The van der Waals surface area contributed by atoms with E-state index < -0.39 is 5.82 Å². The number of phenolic OH excluding ortho intramolecular Hbond substituents is 1. The van der Waals surface area contributed by atoms with Crippen molar-refractivity contribution in [2.45, 2.75) is 23.8 Å².